The highest BCUT2D eigenvalue weighted by atomic mass is 16.5. The Kier molecular flexibility index (Phi) is 3.49. The van der Waals surface area contributed by atoms with E-state index in [1.807, 2.05) is 37.3 Å². The summed E-state index contributed by atoms with van der Waals surface area (Å²) in [6, 6.07) is 14.4. The molecule has 0 heterocycles. The van der Waals surface area contributed by atoms with Gasteiger partial charge in [0.05, 0.1) is 18.2 Å². The molecule has 0 aromatic heterocycles. The Morgan fingerprint density at radius 1 is 1.17 bits per heavy atom. The maximum absolute atomic E-state index is 9.58. The molecular formula is C15H13NO2. The van der Waals surface area contributed by atoms with Crippen LogP contribution >= 0.6 is 0 Å². The molecule has 0 aliphatic heterocycles. The van der Waals surface area contributed by atoms with Crippen LogP contribution in [-0.2, 0) is 0 Å². The summed E-state index contributed by atoms with van der Waals surface area (Å²) in [5.41, 5.74) is 2.15. The molecule has 0 amide bonds. The van der Waals surface area contributed by atoms with Crippen molar-refractivity contribution in [2.75, 3.05) is 6.61 Å². The van der Waals surface area contributed by atoms with Crippen LogP contribution in [0.5, 0.6) is 11.5 Å². The van der Waals surface area contributed by atoms with Gasteiger partial charge in [0.1, 0.15) is 11.5 Å². The molecule has 0 fully saturated rings. The van der Waals surface area contributed by atoms with E-state index in [9.17, 15) is 5.11 Å². The standard InChI is InChI=1S/C15H13NO2/c1-2-18-15-5-3-4-12(9-15)13-6-11(10-16)7-14(17)8-13/h3-9,17H,2H2,1H3. The summed E-state index contributed by atoms with van der Waals surface area (Å²) in [4.78, 5) is 0. The van der Waals surface area contributed by atoms with Gasteiger partial charge in [-0.25, -0.2) is 0 Å². The molecule has 0 saturated heterocycles. The number of benzene rings is 2. The lowest BCUT2D eigenvalue weighted by Gasteiger charge is -2.07. The first-order valence-corrected chi connectivity index (χ1v) is 5.70. The molecule has 18 heavy (non-hydrogen) atoms. The Hall–Kier alpha value is -2.47. The highest BCUT2D eigenvalue weighted by Crippen LogP contribution is 2.27. The van der Waals surface area contributed by atoms with Gasteiger partial charge >= 0.3 is 0 Å². The van der Waals surface area contributed by atoms with Gasteiger partial charge in [-0.05, 0) is 48.4 Å². The fraction of sp³-hybridized carbons (Fsp3) is 0.133. The summed E-state index contributed by atoms with van der Waals surface area (Å²) in [7, 11) is 0. The first-order valence-electron chi connectivity index (χ1n) is 5.70. The summed E-state index contributed by atoms with van der Waals surface area (Å²) in [6.45, 7) is 2.53. The molecule has 0 radical (unpaired) electrons. The van der Waals surface area contributed by atoms with E-state index < -0.39 is 0 Å². The van der Waals surface area contributed by atoms with Crippen LogP contribution < -0.4 is 4.74 Å². The van der Waals surface area contributed by atoms with E-state index in [1.165, 1.54) is 6.07 Å². The summed E-state index contributed by atoms with van der Waals surface area (Å²) in [6.07, 6.45) is 0. The fourth-order valence-corrected chi connectivity index (χ4v) is 1.77. The monoisotopic (exact) mass is 239 g/mol. The quantitative estimate of drug-likeness (QED) is 0.893. The minimum atomic E-state index is 0.0888. The third kappa shape index (κ3) is 2.61. The van der Waals surface area contributed by atoms with Gasteiger partial charge in [0.25, 0.3) is 0 Å². The average Bonchev–Trinajstić information content (AvgIpc) is 2.39. The van der Waals surface area contributed by atoms with Gasteiger partial charge in [-0.2, -0.15) is 5.26 Å². The summed E-state index contributed by atoms with van der Waals surface area (Å²) in [5, 5.41) is 18.5. The van der Waals surface area contributed by atoms with Crippen LogP contribution in [0.15, 0.2) is 42.5 Å². The van der Waals surface area contributed by atoms with Gasteiger partial charge in [0.15, 0.2) is 0 Å². The molecule has 3 heteroatoms. The predicted octanol–water partition coefficient (Wildman–Crippen LogP) is 3.33. The Morgan fingerprint density at radius 3 is 2.72 bits per heavy atom. The first-order chi connectivity index (χ1) is 8.72. The van der Waals surface area contributed by atoms with Gasteiger partial charge < -0.3 is 9.84 Å². The normalized spacial score (nSPS) is 9.78. The number of phenols is 1. The molecule has 0 aliphatic rings. The number of rotatable bonds is 3. The lowest BCUT2D eigenvalue weighted by molar-refractivity contribution is 0.340. The van der Waals surface area contributed by atoms with Gasteiger partial charge in [-0.3, -0.25) is 0 Å². The zero-order chi connectivity index (χ0) is 13.0. The average molecular weight is 239 g/mol. The third-order valence-corrected chi connectivity index (χ3v) is 2.53. The molecular weight excluding hydrogens is 226 g/mol. The second-order valence-corrected chi connectivity index (χ2v) is 3.84. The maximum Gasteiger partial charge on any atom is 0.119 e. The van der Waals surface area contributed by atoms with E-state index in [0.29, 0.717) is 12.2 Å². The molecule has 1 N–H and O–H groups in total. The van der Waals surface area contributed by atoms with Crippen molar-refractivity contribution in [2.24, 2.45) is 0 Å². The number of nitrogens with zero attached hydrogens (tertiary/aromatic N) is 1. The van der Waals surface area contributed by atoms with Crippen LogP contribution in [0, 0.1) is 11.3 Å². The third-order valence-electron chi connectivity index (χ3n) is 2.53. The zero-order valence-electron chi connectivity index (χ0n) is 10.1. The molecule has 2 rings (SSSR count). The van der Waals surface area contributed by atoms with Gasteiger partial charge in [-0.15, -0.1) is 0 Å². The van der Waals surface area contributed by atoms with Gasteiger partial charge in [0, 0.05) is 0 Å². The van der Waals surface area contributed by atoms with Crippen molar-refractivity contribution in [1.29, 1.82) is 5.26 Å². The highest BCUT2D eigenvalue weighted by Gasteiger charge is 2.04. The lowest BCUT2D eigenvalue weighted by Crippen LogP contribution is -1.91. The molecule has 0 aliphatic carbocycles. The minimum absolute atomic E-state index is 0.0888. The molecule has 90 valence electrons. The van der Waals surface area contributed by atoms with Crippen LogP contribution in [-0.4, -0.2) is 11.7 Å². The van der Waals surface area contributed by atoms with Crippen molar-refractivity contribution in [3.63, 3.8) is 0 Å². The summed E-state index contributed by atoms with van der Waals surface area (Å²) >= 11 is 0. The van der Waals surface area contributed by atoms with Crippen molar-refractivity contribution in [2.45, 2.75) is 6.92 Å². The SMILES string of the molecule is CCOc1cccc(-c2cc(O)cc(C#N)c2)c1. The van der Waals surface area contributed by atoms with Gasteiger partial charge in [-0.1, -0.05) is 12.1 Å². The Balaban J connectivity index is 2.45. The van der Waals surface area contributed by atoms with Crippen LogP contribution in [0.1, 0.15) is 12.5 Å². The van der Waals surface area contributed by atoms with Crippen molar-refractivity contribution in [3.8, 4) is 28.7 Å². The van der Waals surface area contributed by atoms with Crippen molar-refractivity contribution in [3.05, 3.63) is 48.0 Å². The van der Waals surface area contributed by atoms with Crippen molar-refractivity contribution >= 4 is 0 Å². The van der Waals surface area contributed by atoms with Crippen molar-refractivity contribution in [1.82, 2.24) is 0 Å². The Labute approximate surface area is 106 Å². The second kappa shape index (κ2) is 5.24. The Bertz CT molecular complexity index is 600. The number of nitriles is 1. The van der Waals surface area contributed by atoms with E-state index in [4.69, 9.17) is 10.00 Å². The molecule has 2 aromatic rings. The molecule has 2 aromatic carbocycles. The number of hydrogen-bond acceptors (Lipinski definition) is 3. The molecule has 3 nitrogen and oxygen atoms in total. The topological polar surface area (TPSA) is 53.2 Å². The minimum Gasteiger partial charge on any atom is -0.508 e. The smallest absolute Gasteiger partial charge is 0.119 e. The fourth-order valence-electron chi connectivity index (χ4n) is 1.77. The molecule has 0 saturated carbocycles. The highest BCUT2D eigenvalue weighted by molar-refractivity contribution is 5.68. The summed E-state index contributed by atoms with van der Waals surface area (Å²) in [5.74, 6) is 0.864. The van der Waals surface area contributed by atoms with E-state index >= 15 is 0 Å². The maximum atomic E-state index is 9.58. The number of aromatic hydroxyl groups is 1. The number of ether oxygens (including phenoxy) is 1. The Morgan fingerprint density at radius 2 is 2.00 bits per heavy atom. The second-order valence-electron chi connectivity index (χ2n) is 3.84. The zero-order valence-corrected chi connectivity index (χ0v) is 10.1. The molecule has 0 spiro atoms. The summed E-state index contributed by atoms with van der Waals surface area (Å²) < 4.78 is 5.43. The predicted molar refractivity (Wildman–Crippen MR) is 69.4 cm³/mol. The number of hydrogen-bond donors (Lipinski definition) is 1. The van der Waals surface area contributed by atoms with Crippen LogP contribution in [0.4, 0.5) is 0 Å². The van der Waals surface area contributed by atoms with Crippen LogP contribution in [0.2, 0.25) is 0 Å². The van der Waals surface area contributed by atoms with E-state index in [0.717, 1.165) is 16.9 Å². The van der Waals surface area contributed by atoms with E-state index in [-0.39, 0.29) is 5.75 Å². The van der Waals surface area contributed by atoms with Gasteiger partial charge in [0.2, 0.25) is 0 Å². The number of phenolic OH excluding ortho intramolecular Hbond substituents is 1. The first kappa shape index (κ1) is 12.0. The molecule has 0 unspecified atom stereocenters. The molecule has 0 bridgehead atoms. The molecule has 0 atom stereocenters. The van der Waals surface area contributed by atoms with Crippen LogP contribution in [0.3, 0.4) is 0 Å². The van der Waals surface area contributed by atoms with Crippen LogP contribution in [0.25, 0.3) is 11.1 Å². The lowest BCUT2D eigenvalue weighted by atomic mass is 10.0. The largest absolute Gasteiger partial charge is 0.508 e. The van der Waals surface area contributed by atoms with E-state index in [1.54, 1.807) is 12.1 Å². The van der Waals surface area contributed by atoms with Crippen molar-refractivity contribution < 1.29 is 9.84 Å². The van der Waals surface area contributed by atoms with E-state index in [2.05, 4.69) is 0 Å².